The molecule has 1 amide bonds. The number of aryl methyl sites for hydroxylation is 2. The van der Waals surface area contributed by atoms with Crippen molar-refractivity contribution in [1.82, 2.24) is 10.2 Å². The number of rotatable bonds is 7. The van der Waals surface area contributed by atoms with Crippen LogP contribution in [0.2, 0.25) is 0 Å². The van der Waals surface area contributed by atoms with Gasteiger partial charge in [0.1, 0.15) is 0 Å². The van der Waals surface area contributed by atoms with Gasteiger partial charge < -0.3 is 10.1 Å². The summed E-state index contributed by atoms with van der Waals surface area (Å²) in [6.45, 7) is 9.70. The topological polar surface area (TPSA) is 41.6 Å². The van der Waals surface area contributed by atoms with Crippen LogP contribution in [0.25, 0.3) is 0 Å². The molecule has 0 radical (unpaired) electrons. The van der Waals surface area contributed by atoms with Crippen molar-refractivity contribution in [2.45, 2.75) is 58.9 Å². The number of nitrogens with zero attached hydrogens (tertiary/aromatic N) is 1. The highest BCUT2D eigenvalue weighted by atomic mass is 16.5. The molecule has 2 aromatic rings. The van der Waals surface area contributed by atoms with Gasteiger partial charge in [0.25, 0.3) is 0 Å². The summed E-state index contributed by atoms with van der Waals surface area (Å²) in [6.07, 6.45) is 1.82. The molecular weight excluding hydrogens is 348 g/mol. The van der Waals surface area contributed by atoms with Gasteiger partial charge in [0.15, 0.2) is 0 Å². The lowest BCUT2D eigenvalue weighted by atomic mass is 10.1. The molecule has 3 rings (SSSR count). The van der Waals surface area contributed by atoms with E-state index in [0.717, 1.165) is 26.1 Å². The molecule has 4 nitrogen and oxygen atoms in total. The number of carbonyl (C=O) groups is 1. The minimum Gasteiger partial charge on any atom is -0.373 e. The van der Waals surface area contributed by atoms with Crippen molar-refractivity contribution in [3.63, 3.8) is 0 Å². The quantitative estimate of drug-likeness (QED) is 0.793. The van der Waals surface area contributed by atoms with E-state index >= 15 is 0 Å². The number of carbonyl (C=O) groups excluding carboxylic acids is 1. The first-order chi connectivity index (χ1) is 13.5. The van der Waals surface area contributed by atoms with Gasteiger partial charge in [0.05, 0.1) is 12.2 Å². The number of hydrogen-bond donors (Lipinski definition) is 1. The molecule has 1 aliphatic rings. The summed E-state index contributed by atoms with van der Waals surface area (Å²) >= 11 is 0. The standard InChI is InChI=1S/C24H32N2O2/c1-18-8-10-21(11-9-18)12-13-24(27)25-14-22-6-4-5-7-23(22)17-26-15-19(2)28-20(3)16-26/h4-11,19-20H,12-17H2,1-3H3,(H,25,27). The molecule has 150 valence electrons. The maximum atomic E-state index is 12.3. The van der Waals surface area contributed by atoms with Gasteiger partial charge in [-0.15, -0.1) is 0 Å². The fourth-order valence-electron chi connectivity index (χ4n) is 3.83. The summed E-state index contributed by atoms with van der Waals surface area (Å²) < 4.78 is 5.83. The third kappa shape index (κ3) is 6.18. The zero-order valence-electron chi connectivity index (χ0n) is 17.3. The molecule has 0 spiro atoms. The van der Waals surface area contributed by atoms with Crippen molar-refractivity contribution >= 4 is 5.91 Å². The normalized spacial score (nSPS) is 20.1. The van der Waals surface area contributed by atoms with Crippen LogP contribution in [-0.4, -0.2) is 36.1 Å². The second kappa shape index (κ2) is 9.85. The fraction of sp³-hybridized carbons (Fsp3) is 0.458. The minimum absolute atomic E-state index is 0.101. The van der Waals surface area contributed by atoms with Crippen LogP contribution < -0.4 is 5.32 Å². The van der Waals surface area contributed by atoms with Crippen LogP contribution in [0.1, 0.15) is 42.5 Å². The highest BCUT2D eigenvalue weighted by Crippen LogP contribution is 2.17. The monoisotopic (exact) mass is 380 g/mol. The molecule has 0 aliphatic carbocycles. The SMILES string of the molecule is Cc1ccc(CCC(=O)NCc2ccccc2CN2CC(C)OC(C)C2)cc1. The Hall–Kier alpha value is -2.17. The third-order valence-electron chi connectivity index (χ3n) is 5.24. The lowest BCUT2D eigenvalue weighted by Crippen LogP contribution is -2.45. The van der Waals surface area contributed by atoms with E-state index in [0.29, 0.717) is 13.0 Å². The molecule has 1 heterocycles. The average molecular weight is 381 g/mol. The number of amides is 1. The first-order valence-corrected chi connectivity index (χ1v) is 10.3. The molecule has 2 unspecified atom stereocenters. The molecule has 1 saturated heterocycles. The second-order valence-corrected chi connectivity index (χ2v) is 7.98. The van der Waals surface area contributed by atoms with Crippen LogP contribution in [-0.2, 0) is 29.0 Å². The molecule has 0 aromatic heterocycles. The average Bonchev–Trinajstić information content (AvgIpc) is 2.66. The molecule has 4 heteroatoms. The van der Waals surface area contributed by atoms with Crippen LogP contribution in [0.4, 0.5) is 0 Å². The fourth-order valence-corrected chi connectivity index (χ4v) is 3.83. The van der Waals surface area contributed by atoms with Crippen LogP contribution in [0, 0.1) is 6.92 Å². The Morgan fingerprint density at radius 3 is 2.36 bits per heavy atom. The van der Waals surface area contributed by atoms with Crippen LogP contribution in [0.3, 0.4) is 0 Å². The summed E-state index contributed by atoms with van der Waals surface area (Å²) in [7, 11) is 0. The molecular formula is C24H32N2O2. The molecule has 0 saturated carbocycles. The van der Waals surface area contributed by atoms with E-state index in [1.54, 1.807) is 0 Å². The summed E-state index contributed by atoms with van der Waals surface area (Å²) in [5.74, 6) is 0.101. The van der Waals surface area contributed by atoms with Crippen molar-refractivity contribution in [1.29, 1.82) is 0 Å². The number of nitrogens with one attached hydrogen (secondary N) is 1. The Balaban J connectivity index is 1.51. The maximum absolute atomic E-state index is 12.3. The largest absolute Gasteiger partial charge is 0.373 e. The van der Waals surface area contributed by atoms with E-state index < -0.39 is 0 Å². The van der Waals surface area contributed by atoms with Gasteiger partial charge in [-0.1, -0.05) is 54.1 Å². The summed E-state index contributed by atoms with van der Waals surface area (Å²) in [4.78, 5) is 14.7. The van der Waals surface area contributed by atoms with Gasteiger partial charge in [0, 0.05) is 32.6 Å². The Bertz CT molecular complexity index is 762. The Morgan fingerprint density at radius 2 is 1.68 bits per heavy atom. The van der Waals surface area contributed by atoms with Gasteiger partial charge in [-0.3, -0.25) is 9.69 Å². The lowest BCUT2D eigenvalue weighted by molar-refractivity contribution is -0.121. The van der Waals surface area contributed by atoms with Gasteiger partial charge in [-0.05, 0) is 43.9 Å². The number of ether oxygens (including phenoxy) is 1. The zero-order valence-corrected chi connectivity index (χ0v) is 17.3. The van der Waals surface area contributed by atoms with Crippen molar-refractivity contribution in [3.05, 3.63) is 70.8 Å². The predicted octanol–water partition coefficient (Wildman–Crippen LogP) is 3.85. The van der Waals surface area contributed by atoms with E-state index in [9.17, 15) is 4.79 Å². The van der Waals surface area contributed by atoms with E-state index in [2.05, 4.69) is 73.5 Å². The molecule has 1 aliphatic heterocycles. The van der Waals surface area contributed by atoms with Crippen molar-refractivity contribution in [3.8, 4) is 0 Å². The van der Waals surface area contributed by atoms with Crippen molar-refractivity contribution in [2.24, 2.45) is 0 Å². The predicted molar refractivity (Wildman–Crippen MR) is 113 cm³/mol. The molecule has 1 N–H and O–H groups in total. The Labute approximate surface area is 168 Å². The Morgan fingerprint density at radius 1 is 1.04 bits per heavy atom. The van der Waals surface area contributed by atoms with Crippen LogP contribution in [0.15, 0.2) is 48.5 Å². The maximum Gasteiger partial charge on any atom is 0.220 e. The van der Waals surface area contributed by atoms with Crippen LogP contribution in [0.5, 0.6) is 0 Å². The minimum atomic E-state index is 0.101. The summed E-state index contributed by atoms with van der Waals surface area (Å²) in [6, 6.07) is 16.8. The van der Waals surface area contributed by atoms with Gasteiger partial charge in [-0.2, -0.15) is 0 Å². The van der Waals surface area contributed by atoms with Crippen molar-refractivity contribution < 1.29 is 9.53 Å². The molecule has 0 bridgehead atoms. The van der Waals surface area contributed by atoms with Crippen molar-refractivity contribution in [2.75, 3.05) is 13.1 Å². The van der Waals surface area contributed by atoms with E-state index in [-0.39, 0.29) is 18.1 Å². The zero-order chi connectivity index (χ0) is 19.9. The first kappa shape index (κ1) is 20.6. The summed E-state index contributed by atoms with van der Waals surface area (Å²) in [5.41, 5.74) is 4.92. The van der Waals surface area contributed by atoms with E-state index in [1.165, 1.54) is 22.3 Å². The first-order valence-electron chi connectivity index (χ1n) is 10.3. The smallest absolute Gasteiger partial charge is 0.220 e. The Kier molecular flexibility index (Phi) is 7.24. The molecule has 1 fully saturated rings. The number of benzene rings is 2. The number of morpholine rings is 1. The highest BCUT2D eigenvalue weighted by molar-refractivity contribution is 5.76. The molecule has 2 aromatic carbocycles. The van der Waals surface area contributed by atoms with Gasteiger partial charge in [-0.25, -0.2) is 0 Å². The van der Waals surface area contributed by atoms with E-state index in [4.69, 9.17) is 4.74 Å². The number of hydrogen-bond acceptors (Lipinski definition) is 3. The van der Waals surface area contributed by atoms with Crippen LogP contribution >= 0.6 is 0 Å². The molecule has 28 heavy (non-hydrogen) atoms. The van der Waals surface area contributed by atoms with E-state index in [1.807, 2.05) is 6.07 Å². The second-order valence-electron chi connectivity index (χ2n) is 7.98. The third-order valence-corrected chi connectivity index (χ3v) is 5.24. The molecule has 2 atom stereocenters. The van der Waals surface area contributed by atoms with Gasteiger partial charge in [0.2, 0.25) is 5.91 Å². The summed E-state index contributed by atoms with van der Waals surface area (Å²) in [5, 5.41) is 3.09. The van der Waals surface area contributed by atoms with Gasteiger partial charge >= 0.3 is 0 Å². The highest BCUT2D eigenvalue weighted by Gasteiger charge is 2.22. The lowest BCUT2D eigenvalue weighted by Gasteiger charge is -2.35.